The number of nitriles is 1. The number of benzene rings is 3. The van der Waals surface area contributed by atoms with E-state index in [0.29, 0.717) is 35.3 Å². The van der Waals surface area contributed by atoms with Gasteiger partial charge >= 0.3 is 5.97 Å². The zero-order valence-corrected chi connectivity index (χ0v) is 22.1. The fourth-order valence-electron chi connectivity index (χ4n) is 4.23. The van der Waals surface area contributed by atoms with E-state index in [4.69, 9.17) is 24.7 Å². The second-order valence-electron chi connectivity index (χ2n) is 9.45. The summed E-state index contributed by atoms with van der Waals surface area (Å²) in [6, 6.07) is 22.5. The van der Waals surface area contributed by atoms with Gasteiger partial charge in [0.2, 0.25) is 5.88 Å². The Morgan fingerprint density at radius 3 is 2.45 bits per heavy atom. The van der Waals surface area contributed by atoms with E-state index >= 15 is 0 Å². The summed E-state index contributed by atoms with van der Waals surface area (Å²) in [6.45, 7) is 8.50. The number of rotatable bonds is 9. The van der Waals surface area contributed by atoms with Crippen LogP contribution in [0.5, 0.6) is 23.0 Å². The van der Waals surface area contributed by atoms with Gasteiger partial charge in [-0.15, -0.1) is 0 Å². The van der Waals surface area contributed by atoms with Gasteiger partial charge in [0.15, 0.2) is 6.10 Å². The molecule has 3 aromatic rings. The monoisotopic (exact) mass is 512 g/mol. The number of hydrogen-bond donors (Lipinski definition) is 1. The summed E-state index contributed by atoms with van der Waals surface area (Å²) in [5.74, 6) is 1.41. The Bertz CT molecular complexity index is 1370. The zero-order valence-electron chi connectivity index (χ0n) is 22.1. The highest BCUT2D eigenvalue weighted by Gasteiger charge is 2.31. The number of carbonyl (C=O) groups is 1. The molecule has 7 nitrogen and oxygen atoms in total. The van der Waals surface area contributed by atoms with Crippen LogP contribution >= 0.6 is 0 Å². The summed E-state index contributed by atoms with van der Waals surface area (Å²) in [6.07, 6.45) is 0.0570. The van der Waals surface area contributed by atoms with Crippen LogP contribution < -0.4 is 24.7 Å². The van der Waals surface area contributed by atoms with Crippen LogP contribution in [0.4, 0.5) is 0 Å². The van der Waals surface area contributed by atoms with Crippen LogP contribution in [0.2, 0.25) is 0 Å². The molecule has 0 fully saturated rings. The lowest BCUT2D eigenvalue weighted by Gasteiger charge is -2.27. The van der Waals surface area contributed by atoms with Crippen molar-refractivity contribution in [3.63, 3.8) is 0 Å². The first kappa shape index (κ1) is 26.6. The molecular formula is C31H32N2O5. The molecule has 7 heteroatoms. The number of ether oxygens (including phenoxy) is 4. The smallest absolute Gasteiger partial charge is 0.352 e. The third-order valence-electron chi connectivity index (χ3n) is 6.26. The van der Waals surface area contributed by atoms with E-state index in [-0.39, 0.29) is 11.6 Å². The molecule has 1 aliphatic rings. The molecule has 2 atom stereocenters. The molecule has 2 N–H and O–H groups in total. The van der Waals surface area contributed by atoms with Gasteiger partial charge in [-0.05, 0) is 60.7 Å². The van der Waals surface area contributed by atoms with Crippen molar-refractivity contribution < 1.29 is 23.7 Å². The molecule has 0 saturated carbocycles. The Morgan fingerprint density at radius 2 is 1.76 bits per heavy atom. The van der Waals surface area contributed by atoms with Crippen molar-refractivity contribution in [2.75, 3.05) is 6.61 Å². The van der Waals surface area contributed by atoms with Crippen LogP contribution in [0.3, 0.4) is 0 Å². The molecule has 1 heterocycles. The van der Waals surface area contributed by atoms with Gasteiger partial charge in [-0.2, -0.15) is 5.26 Å². The van der Waals surface area contributed by atoms with Crippen LogP contribution in [0.15, 0.2) is 78.2 Å². The lowest BCUT2D eigenvalue weighted by atomic mass is 9.83. The first-order chi connectivity index (χ1) is 18.3. The largest absolute Gasteiger partial charge is 0.494 e. The molecule has 0 spiro atoms. The van der Waals surface area contributed by atoms with Gasteiger partial charge in [-0.25, -0.2) is 4.79 Å². The maximum absolute atomic E-state index is 12.8. The molecule has 0 saturated heterocycles. The predicted molar refractivity (Wildman–Crippen MR) is 144 cm³/mol. The summed E-state index contributed by atoms with van der Waals surface area (Å²) in [4.78, 5) is 12.8. The second kappa shape index (κ2) is 11.7. The molecule has 0 amide bonds. The highest BCUT2D eigenvalue weighted by Crippen LogP contribution is 2.44. The number of nitrogens with two attached hydrogens (primary N) is 1. The molecule has 0 bridgehead atoms. The Labute approximate surface area is 223 Å². The first-order valence-corrected chi connectivity index (χ1v) is 12.7. The number of fused-ring (bicyclic) bond motifs is 1. The second-order valence-corrected chi connectivity index (χ2v) is 9.45. The number of nitrogens with zero attached hydrogens (tertiary/aromatic N) is 1. The third-order valence-corrected chi connectivity index (χ3v) is 6.26. The minimum absolute atomic E-state index is 0.00917. The summed E-state index contributed by atoms with van der Waals surface area (Å²) in [5, 5.41) is 9.84. The van der Waals surface area contributed by atoms with E-state index in [2.05, 4.69) is 19.9 Å². The maximum atomic E-state index is 12.8. The van der Waals surface area contributed by atoms with E-state index in [1.807, 2.05) is 55.5 Å². The Morgan fingerprint density at radius 1 is 1.03 bits per heavy atom. The number of allylic oxidation sites excluding steroid dienone is 1. The topological polar surface area (TPSA) is 104 Å². The average Bonchev–Trinajstić information content (AvgIpc) is 2.91. The summed E-state index contributed by atoms with van der Waals surface area (Å²) in [7, 11) is 0. The van der Waals surface area contributed by atoms with Crippen molar-refractivity contribution in [2.45, 2.75) is 52.1 Å². The molecule has 0 aliphatic carbocycles. The highest BCUT2D eigenvalue weighted by molar-refractivity contribution is 5.77. The molecule has 2 unspecified atom stereocenters. The van der Waals surface area contributed by atoms with Crippen LogP contribution in [0.1, 0.15) is 62.6 Å². The first-order valence-electron chi connectivity index (χ1n) is 12.7. The number of esters is 1. The Kier molecular flexibility index (Phi) is 8.22. The minimum atomic E-state index is -0.828. The van der Waals surface area contributed by atoms with Crippen LogP contribution in [0.25, 0.3) is 0 Å². The van der Waals surface area contributed by atoms with E-state index in [9.17, 15) is 10.1 Å². The summed E-state index contributed by atoms with van der Waals surface area (Å²) >= 11 is 0. The lowest BCUT2D eigenvalue weighted by Crippen LogP contribution is -2.28. The molecule has 4 rings (SSSR count). The fourth-order valence-corrected chi connectivity index (χ4v) is 4.23. The minimum Gasteiger partial charge on any atom is -0.494 e. The van der Waals surface area contributed by atoms with E-state index < -0.39 is 18.0 Å². The van der Waals surface area contributed by atoms with Crippen LogP contribution in [0, 0.1) is 11.3 Å². The van der Waals surface area contributed by atoms with Crippen molar-refractivity contribution in [3.8, 4) is 29.1 Å². The van der Waals surface area contributed by atoms with Crippen LogP contribution in [-0.2, 0) is 4.79 Å². The predicted octanol–water partition coefficient (Wildman–Crippen LogP) is 6.19. The lowest BCUT2D eigenvalue weighted by molar-refractivity contribution is -0.141. The van der Waals surface area contributed by atoms with Crippen LogP contribution in [-0.4, -0.2) is 18.7 Å². The Hall–Kier alpha value is -4.44. The fraction of sp³-hybridized carbons (Fsp3) is 0.290. The molecular weight excluding hydrogens is 480 g/mol. The van der Waals surface area contributed by atoms with E-state index in [0.717, 1.165) is 17.5 Å². The molecule has 1 aliphatic heterocycles. The van der Waals surface area contributed by atoms with Gasteiger partial charge in [0.05, 0.1) is 12.5 Å². The van der Waals surface area contributed by atoms with Crippen molar-refractivity contribution in [1.29, 1.82) is 5.26 Å². The number of carbonyl (C=O) groups excluding carboxylic acids is 1. The molecule has 0 aromatic heterocycles. The number of hydrogen-bond acceptors (Lipinski definition) is 7. The van der Waals surface area contributed by atoms with Crippen molar-refractivity contribution >= 4 is 5.97 Å². The van der Waals surface area contributed by atoms with Gasteiger partial charge in [-0.3, -0.25) is 0 Å². The molecule has 0 radical (unpaired) electrons. The van der Waals surface area contributed by atoms with Gasteiger partial charge in [0.25, 0.3) is 0 Å². The maximum Gasteiger partial charge on any atom is 0.352 e. The zero-order chi connectivity index (χ0) is 27.2. The Balaban J connectivity index is 1.53. The standard InChI is InChI=1S/C31H32N2O5/c1-5-15-35-24-8-6-7-22(16-24)29-26-14-13-25(17-28(26)38-30(33)27(29)18-32)37-31(34)20(4)36-23-11-9-21(10-12-23)19(2)3/h6-14,16-17,19-20,29H,5,15,33H2,1-4H3. The van der Waals surface area contributed by atoms with E-state index in [1.54, 1.807) is 25.1 Å². The summed E-state index contributed by atoms with van der Waals surface area (Å²) in [5.41, 5.74) is 9.21. The van der Waals surface area contributed by atoms with Crippen molar-refractivity contribution in [2.24, 2.45) is 5.73 Å². The molecule has 196 valence electrons. The van der Waals surface area contributed by atoms with Gasteiger partial charge in [0, 0.05) is 11.6 Å². The quantitative estimate of drug-likeness (QED) is 0.269. The van der Waals surface area contributed by atoms with Gasteiger partial charge in [0.1, 0.15) is 34.6 Å². The van der Waals surface area contributed by atoms with Crippen molar-refractivity contribution in [3.05, 3.63) is 94.9 Å². The SMILES string of the molecule is CCCOc1cccc(C2C(C#N)=C(N)Oc3cc(OC(=O)C(C)Oc4ccc(C(C)C)cc4)ccc32)c1. The third kappa shape index (κ3) is 5.92. The molecule has 3 aromatic carbocycles. The highest BCUT2D eigenvalue weighted by atomic mass is 16.6. The van der Waals surface area contributed by atoms with Gasteiger partial charge < -0.3 is 24.7 Å². The van der Waals surface area contributed by atoms with E-state index in [1.165, 1.54) is 5.56 Å². The average molecular weight is 513 g/mol. The van der Waals surface area contributed by atoms with Gasteiger partial charge in [-0.1, -0.05) is 51.1 Å². The molecule has 38 heavy (non-hydrogen) atoms. The normalized spacial score (nSPS) is 15.2. The van der Waals surface area contributed by atoms with Crippen molar-refractivity contribution in [1.82, 2.24) is 0 Å². The summed E-state index contributed by atoms with van der Waals surface area (Å²) < 4.78 is 22.9.